The topological polar surface area (TPSA) is 68.3 Å². The highest BCUT2D eigenvalue weighted by Gasteiger charge is 2.13. The molecule has 0 bridgehead atoms. The van der Waals surface area contributed by atoms with E-state index in [9.17, 15) is 0 Å². The zero-order valence-corrected chi connectivity index (χ0v) is 10.2. The van der Waals surface area contributed by atoms with Gasteiger partial charge < -0.3 is 20.1 Å². The van der Waals surface area contributed by atoms with E-state index in [-0.39, 0.29) is 6.10 Å². The van der Waals surface area contributed by atoms with E-state index in [4.69, 9.17) is 9.47 Å². The Hall–Kier alpha value is -1.40. The van der Waals surface area contributed by atoms with Gasteiger partial charge in [-0.3, -0.25) is 0 Å². The van der Waals surface area contributed by atoms with Crippen LogP contribution in [0.15, 0.2) is 6.07 Å². The van der Waals surface area contributed by atoms with Crippen LogP contribution in [0.4, 0.5) is 5.95 Å². The molecular formula is C11H18N4O2. The molecule has 1 atom stereocenters. The highest BCUT2D eigenvalue weighted by Crippen LogP contribution is 2.11. The molecule has 2 rings (SSSR count). The lowest BCUT2D eigenvalue weighted by Gasteiger charge is -2.23. The van der Waals surface area contributed by atoms with Gasteiger partial charge in [0, 0.05) is 31.4 Å². The molecule has 1 aromatic rings. The Morgan fingerprint density at radius 3 is 3.18 bits per heavy atom. The quantitative estimate of drug-likeness (QED) is 0.780. The normalized spacial score (nSPS) is 20.0. The van der Waals surface area contributed by atoms with Gasteiger partial charge in [-0.25, -0.2) is 4.98 Å². The first kappa shape index (κ1) is 12.1. The third kappa shape index (κ3) is 3.54. The van der Waals surface area contributed by atoms with Crippen LogP contribution in [0.5, 0.6) is 5.88 Å². The lowest BCUT2D eigenvalue weighted by Crippen LogP contribution is -2.42. The fourth-order valence-corrected chi connectivity index (χ4v) is 1.68. The van der Waals surface area contributed by atoms with Gasteiger partial charge in [0.25, 0.3) is 0 Å². The molecule has 1 aliphatic heterocycles. The van der Waals surface area contributed by atoms with Gasteiger partial charge in [0.15, 0.2) is 0 Å². The molecule has 1 aliphatic rings. The Labute approximate surface area is 101 Å². The van der Waals surface area contributed by atoms with Gasteiger partial charge in [-0.1, -0.05) is 0 Å². The van der Waals surface area contributed by atoms with E-state index in [2.05, 4.69) is 20.6 Å². The lowest BCUT2D eigenvalue weighted by molar-refractivity contribution is 0.0371. The van der Waals surface area contributed by atoms with E-state index in [0.29, 0.717) is 18.4 Å². The van der Waals surface area contributed by atoms with Gasteiger partial charge in [0.1, 0.15) is 0 Å². The molecule has 17 heavy (non-hydrogen) atoms. The van der Waals surface area contributed by atoms with Crippen LogP contribution in [0.1, 0.15) is 5.69 Å². The molecule has 0 aromatic carbocycles. The van der Waals surface area contributed by atoms with Crippen LogP contribution < -0.4 is 15.4 Å². The zero-order valence-electron chi connectivity index (χ0n) is 10.2. The number of hydrogen-bond donors (Lipinski definition) is 2. The van der Waals surface area contributed by atoms with Crippen molar-refractivity contribution in [3.8, 4) is 5.88 Å². The predicted octanol–water partition coefficient (Wildman–Crippen LogP) is 0.194. The number of ether oxygens (including phenoxy) is 2. The van der Waals surface area contributed by atoms with Crippen molar-refractivity contribution in [1.82, 2.24) is 15.3 Å². The molecule has 6 heteroatoms. The van der Waals surface area contributed by atoms with Crippen molar-refractivity contribution in [2.75, 3.05) is 38.7 Å². The second-order valence-electron chi connectivity index (χ2n) is 3.95. The van der Waals surface area contributed by atoms with Crippen molar-refractivity contribution in [2.24, 2.45) is 0 Å². The summed E-state index contributed by atoms with van der Waals surface area (Å²) in [4.78, 5) is 8.50. The summed E-state index contributed by atoms with van der Waals surface area (Å²) in [5.74, 6) is 1.15. The van der Waals surface area contributed by atoms with E-state index >= 15 is 0 Å². The first-order chi connectivity index (χ1) is 8.28. The molecule has 6 nitrogen and oxygen atoms in total. The number of nitrogens with zero attached hydrogens (tertiary/aromatic N) is 2. The molecule has 1 aromatic heterocycles. The molecule has 0 saturated carbocycles. The van der Waals surface area contributed by atoms with Crippen LogP contribution in [0.3, 0.4) is 0 Å². The van der Waals surface area contributed by atoms with Crippen LogP contribution in [-0.2, 0) is 4.74 Å². The second-order valence-corrected chi connectivity index (χ2v) is 3.95. The molecule has 0 radical (unpaired) electrons. The summed E-state index contributed by atoms with van der Waals surface area (Å²) in [5.41, 5.74) is 0.877. The zero-order chi connectivity index (χ0) is 12.1. The van der Waals surface area contributed by atoms with E-state index in [1.165, 1.54) is 0 Å². The first-order valence-electron chi connectivity index (χ1n) is 5.74. The molecule has 1 saturated heterocycles. The van der Waals surface area contributed by atoms with Gasteiger partial charge in [-0.05, 0) is 6.92 Å². The molecule has 0 aliphatic carbocycles. The van der Waals surface area contributed by atoms with Gasteiger partial charge in [-0.15, -0.1) is 0 Å². The van der Waals surface area contributed by atoms with Crippen molar-refractivity contribution in [3.63, 3.8) is 0 Å². The first-order valence-corrected chi connectivity index (χ1v) is 5.74. The van der Waals surface area contributed by atoms with Crippen LogP contribution in [0.25, 0.3) is 0 Å². The summed E-state index contributed by atoms with van der Waals surface area (Å²) in [7, 11) is 1.60. The number of methoxy groups -OCH3 is 1. The number of anilines is 1. The number of nitrogens with one attached hydrogen (secondary N) is 2. The average molecular weight is 238 g/mol. The summed E-state index contributed by atoms with van der Waals surface area (Å²) in [5, 5.41) is 6.44. The van der Waals surface area contributed by atoms with Crippen molar-refractivity contribution >= 4 is 5.95 Å². The molecule has 0 amide bonds. The van der Waals surface area contributed by atoms with Crippen LogP contribution >= 0.6 is 0 Å². The number of rotatable bonds is 4. The van der Waals surface area contributed by atoms with Crippen LogP contribution in [-0.4, -0.2) is 49.4 Å². The average Bonchev–Trinajstić information content (AvgIpc) is 2.37. The molecule has 0 spiro atoms. The fraction of sp³-hybridized carbons (Fsp3) is 0.636. The summed E-state index contributed by atoms with van der Waals surface area (Å²) >= 11 is 0. The van der Waals surface area contributed by atoms with Crippen molar-refractivity contribution in [1.29, 1.82) is 0 Å². The number of morpholine rings is 1. The third-order valence-corrected chi connectivity index (χ3v) is 2.53. The minimum Gasteiger partial charge on any atom is -0.481 e. The second kappa shape index (κ2) is 5.79. The van der Waals surface area contributed by atoms with E-state index in [1.807, 2.05) is 6.92 Å². The third-order valence-electron chi connectivity index (χ3n) is 2.53. The van der Waals surface area contributed by atoms with Crippen LogP contribution in [0.2, 0.25) is 0 Å². The minimum absolute atomic E-state index is 0.166. The monoisotopic (exact) mass is 238 g/mol. The van der Waals surface area contributed by atoms with Crippen molar-refractivity contribution in [3.05, 3.63) is 11.8 Å². The Morgan fingerprint density at radius 2 is 2.47 bits per heavy atom. The van der Waals surface area contributed by atoms with Gasteiger partial charge in [-0.2, -0.15) is 4.98 Å². The summed E-state index contributed by atoms with van der Waals surface area (Å²) in [6.45, 7) is 5.14. The Balaban J connectivity index is 1.91. The molecule has 1 unspecified atom stereocenters. The van der Waals surface area contributed by atoms with E-state index in [0.717, 1.165) is 25.4 Å². The molecule has 2 heterocycles. The van der Waals surface area contributed by atoms with Gasteiger partial charge in [0.05, 0.1) is 19.8 Å². The lowest BCUT2D eigenvalue weighted by atomic mass is 10.3. The number of hydrogen-bond acceptors (Lipinski definition) is 6. The van der Waals surface area contributed by atoms with Gasteiger partial charge in [0.2, 0.25) is 11.8 Å². The summed E-state index contributed by atoms with van der Waals surface area (Å²) in [6, 6.07) is 1.80. The molecular weight excluding hydrogens is 220 g/mol. The van der Waals surface area contributed by atoms with E-state index < -0.39 is 0 Å². The van der Waals surface area contributed by atoms with Gasteiger partial charge >= 0.3 is 0 Å². The summed E-state index contributed by atoms with van der Waals surface area (Å²) in [6.07, 6.45) is 0.166. The number of aromatic nitrogens is 2. The van der Waals surface area contributed by atoms with E-state index in [1.54, 1.807) is 13.2 Å². The number of aryl methyl sites for hydroxylation is 1. The highest BCUT2D eigenvalue weighted by molar-refractivity contribution is 5.30. The van der Waals surface area contributed by atoms with Crippen molar-refractivity contribution in [2.45, 2.75) is 13.0 Å². The minimum atomic E-state index is 0.166. The Bertz CT molecular complexity index is 366. The highest BCUT2D eigenvalue weighted by atomic mass is 16.5. The molecule has 94 valence electrons. The van der Waals surface area contributed by atoms with Crippen LogP contribution in [0, 0.1) is 6.92 Å². The standard InChI is InChI=1S/C11H18N4O2/c1-8-5-10(16-2)15-11(14-8)13-7-9-6-12-3-4-17-9/h5,9,12H,3-4,6-7H2,1-2H3,(H,13,14,15). The molecule has 1 fully saturated rings. The maximum Gasteiger partial charge on any atom is 0.226 e. The largest absolute Gasteiger partial charge is 0.481 e. The SMILES string of the molecule is COc1cc(C)nc(NCC2CNCCO2)n1. The Kier molecular flexibility index (Phi) is 4.11. The maximum absolute atomic E-state index is 5.57. The maximum atomic E-state index is 5.57. The predicted molar refractivity (Wildman–Crippen MR) is 64.4 cm³/mol. The fourth-order valence-electron chi connectivity index (χ4n) is 1.68. The summed E-state index contributed by atoms with van der Waals surface area (Å²) < 4.78 is 10.7. The smallest absolute Gasteiger partial charge is 0.226 e. The molecule has 2 N–H and O–H groups in total. The van der Waals surface area contributed by atoms with Crippen molar-refractivity contribution < 1.29 is 9.47 Å². The Morgan fingerprint density at radius 1 is 1.59 bits per heavy atom.